The van der Waals surface area contributed by atoms with E-state index in [1.807, 2.05) is 6.92 Å². The molecule has 1 aliphatic rings. The number of ketones is 1. The second-order valence-electron chi connectivity index (χ2n) is 5.37. The Kier molecular flexibility index (Phi) is 4.04. The second-order valence-corrected chi connectivity index (χ2v) is 7.70. The molecule has 2 rings (SSSR count). The minimum Gasteiger partial charge on any atom is -0.294 e. The van der Waals surface area contributed by atoms with Gasteiger partial charge in [-0.15, -0.1) is 0 Å². The highest BCUT2D eigenvalue weighted by Gasteiger charge is 2.33. The number of carbonyl (C=O) groups excluding carboxylic acids is 1. The van der Waals surface area contributed by atoms with Crippen LogP contribution in [0.1, 0.15) is 41.6 Å². The summed E-state index contributed by atoms with van der Waals surface area (Å²) in [6.07, 6.45) is 7.27. The molecule has 1 aromatic heterocycles. The van der Waals surface area contributed by atoms with Gasteiger partial charge in [0.2, 0.25) is 0 Å². The van der Waals surface area contributed by atoms with Gasteiger partial charge >= 0.3 is 0 Å². The third-order valence-electron chi connectivity index (χ3n) is 3.89. The molecule has 1 fully saturated rings. The van der Waals surface area contributed by atoms with Gasteiger partial charge < -0.3 is 0 Å². The first-order valence-electron chi connectivity index (χ1n) is 6.53. The van der Waals surface area contributed by atoms with Crippen molar-refractivity contribution < 1.29 is 13.2 Å². The summed E-state index contributed by atoms with van der Waals surface area (Å²) in [4.78, 5) is 16.4. The van der Waals surface area contributed by atoms with Crippen LogP contribution in [-0.2, 0) is 9.84 Å². The Morgan fingerprint density at radius 3 is 2.74 bits per heavy atom. The quantitative estimate of drug-likeness (QED) is 0.797. The molecule has 5 heteroatoms. The molecule has 0 radical (unpaired) electrons. The van der Waals surface area contributed by atoms with E-state index in [-0.39, 0.29) is 17.0 Å². The Morgan fingerprint density at radius 1 is 1.37 bits per heavy atom. The lowest BCUT2D eigenvalue weighted by molar-refractivity contribution is 0.0890. The minimum absolute atomic E-state index is 0.0632. The van der Waals surface area contributed by atoms with Crippen molar-refractivity contribution in [3.63, 3.8) is 0 Å². The Bertz CT molecular complexity index is 580. The fourth-order valence-electron chi connectivity index (χ4n) is 2.74. The van der Waals surface area contributed by atoms with E-state index in [1.165, 1.54) is 6.26 Å². The van der Waals surface area contributed by atoms with E-state index in [4.69, 9.17) is 0 Å². The summed E-state index contributed by atoms with van der Waals surface area (Å²) in [6.45, 7) is 1.86. The van der Waals surface area contributed by atoms with Crippen LogP contribution in [0.5, 0.6) is 0 Å². The number of rotatable bonds is 3. The summed E-state index contributed by atoms with van der Waals surface area (Å²) in [5, 5.41) is -0.364. The third kappa shape index (κ3) is 3.21. The van der Waals surface area contributed by atoms with Crippen molar-refractivity contribution >= 4 is 15.6 Å². The van der Waals surface area contributed by atoms with E-state index < -0.39 is 9.84 Å². The Balaban J connectivity index is 2.19. The van der Waals surface area contributed by atoms with Crippen molar-refractivity contribution in [3.8, 4) is 0 Å². The van der Waals surface area contributed by atoms with Gasteiger partial charge in [0.25, 0.3) is 0 Å². The van der Waals surface area contributed by atoms with Gasteiger partial charge in [-0.3, -0.25) is 9.78 Å². The molecule has 2 atom stereocenters. The van der Waals surface area contributed by atoms with Crippen LogP contribution in [0.2, 0.25) is 0 Å². The highest BCUT2D eigenvalue weighted by Crippen LogP contribution is 2.31. The molecule has 1 saturated carbocycles. The van der Waals surface area contributed by atoms with Gasteiger partial charge in [-0.25, -0.2) is 8.42 Å². The number of aromatic nitrogens is 1. The molecule has 1 aromatic rings. The number of pyridine rings is 1. The van der Waals surface area contributed by atoms with E-state index >= 15 is 0 Å². The molecule has 0 saturated heterocycles. The van der Waals surface area contributed by atoms with Crippen molar-refractivity contribution in [1.29, 1.82) is 0 Å². The molecule has 1 heterocycles. The summed E-state index contributed by atoms with van der Waals surface area (Å²) in [5.74, 6) is -0.108. The lowest BCUT2D eigenvalue weighted by atomic mass is 9.83. The molecule has 19 heavy (non-hydrogen) atoms. The van der Waals surface area contributed by atoms with Gasteiger partial charge in [-0.05, 0) is 37.8 Å². The van der Waals surface area contributed by atoms with Crippen molar-refractivity contribution in [2.75, 3.05) is 6.26 Å². The largest absolute Gasteiger partial charge is 0.294 e. The maximum Gasteiger partial charge on any atom is 0.166 e. The zero-order valence-electron chi connectivity index (χ0n) is 11.3. The smallest absolute Gasteiger partial charge is 0.166 e. The van der Waals surface area contributed by atoms with Crippen molar-refractivity contribution in [2.45, 2.75) is 37.9 Å². The monoisotopic (exact) mass is 281 g/mol. The molecule has 0 spiro atoms. The molecular weight excluding hydrogens is 262 g/mol. The lowest BCUT2D eigenvalue weighted by Crippen LogP contribution is -2.31. The number of aryl methyl sites for hydroxylation is 1. The minimum atomic E-state index is -3.05. The molecule has 104 valence electrons. The number of hydrogen-bond donors (Lipinski definition) is 0. The van der Waals surface area contributed by atoms with Crippen LogP contribution in [0, 0.1) is 12.8 Å². The number of sulfone groups is 1. The standard InChI is InChI=1S/C14H19NO3S/c1-10-9-15-7-6-13(10)14(16)11-4-3-5-12(8-11)19(2,17)18/h6-7,9,11-12H,3-5,8H2,1-2H3. The van der Waals surface area contributed by atoms with E-state index in [0.29, 0.717) is 18.4 Å². The maximum atomic E-state index is 12.5. The van der Waals surface area contributed by atoms with E-state index in [0.717, 1.165) is 18.4 Å². The molecule has 4 nitrogen and oxygen atoms in total. The zero-order chi connectivity index (χ0) is 14.0. The van der Waals surface area contributed by atoms with Gasteiger partial charge in [0.1, 0.15) is 9.84 Å². The topological polar surface area (TPSA) is 64.1 Å². The van der Waals surface area contributed by atoms with Crippen molar-refractivity contribution in [2.24, 2.45) is 5.92 Å². The molecule has 0 N–H and O–H groups in total. The molecule has 0 aliphatic heterocycles. The normalized spacial score (nSPS) is 24.1. The van der Waals surface area contributed by atoms with Gasteiger partial charge in [0, 0.05) is 30.1 Å². The average Bonchev–Trinajstić information content (AvgIpc) is 2.38. The fraction of sp³-hybridized carbons (Fsp3) is 0.571. The third-order valence-corrected chi connectivity index (χ3v) is 5.53. The fourth-order valence-corrected chi connectivity index (χ4v) is 3.92. The first-order valence-corrected chi connectivity index (χ1v) is 8.48. The van der Waals surface area contributed by atoms with Gasteiger partial charge in [0.15, 0.2) is 5.78 Å². The van der Waals surface area contributed by atoms with Crippen LogP contribution < -0.4 is 0 Å². The summed E-state index contributed by atoms with van der Waals surface area (Å²) in [5.41, 5.74) is 1.53. The zero-order valence-corrected chi connectivity index (χ0v) is 12.1. The number of carbonyl (C=O) groups is 1. The summed E-state index contributed by atoms with van der Waals surface area (Å²) < 4.78 is 23.3. The first kappa shape index (κ1) is 14.2. The van der Waals surface area contributed by atoms with Crippen LogP contribution >= 0.6 is 0 Å². The number of nitrogens with zero attached hydrogens (tertiary/aromatic N) is 1. The van der Waals surface area contributed by atoms with Crippen LogP contribution in [0.15, 0.2) is 18.5 Å². The molecule has 0 amide bonds. The molecule has 0 bridgehead atoms. The van der Waals surface area contributed by atoms with Crippen LogP contribution in [0.25, 0.3) is 0 Å². The number of Topliss-reactive ketones (excluding diaryl/α,β-unsaturated/α-hetero) is 1. The Morgan fingerprint density at radius 2 is 2.11 bits per heavy atom. The molecular formula is C14H19NO3S. The van der Waals surface area contributed by atoms with E-state index in [1.54, 1.807) is 18.5 Å². The SMILES string of the molecule is Cc1cnccc1C(=O)C1CCCC(S(C)(=O)=O)C1. The van der Waals surface area contributed by atoms with Crippen molar-refractivity contribution in [3.05, 3.63) is 29.6 Å². The highest BCUT2D eigenvalue weighted by atomic mass is 32.2. The highest BCUT2D eigenvalue weighted by molar-refractivity contribution is 7.91. The van der Waals surface area contributed by atoms with Crippen LogP contribution in [0.3, 0.4) is 0 Å². The number of hydrogen-bond acceptors (Lipinski definition) is 4. The average molecular weight is 281 g/mol. The predicted molar refractivity (Wildman–Crippen MR) is 73.9 cm³/mol. The van der Waals surface area contributed by atoms with Crippen molar-refractivity contribution in [1.82, 2.24) is 4.98 Å². The summed E-state index contributed by atoms with van der Waals surface area (Å²) >= 11 is 0. The molecule has 1 aliphatic carbocycles. The lowest BCUT2D eigenvalue weighted by Gasteiger charge is -2.27. The Labute approximate surface area is 114 Å². The summed E-state index contributed by atoms with van der Waals surface area (Å²) in [7, 11) is -3.05. The maximum absolute atomic E-state index is 12.5. The van der Waals surface area contributed by atoms with E-state index in [9.17, 15) is 13.2 Å². The van der Waals surface area contributed by atoms with Gasteiger partial charge in [-0.2, -0.15) is 0 Å². The van der Waals surface area contributed by atoms with Crippen LogP contribution in [-0.4, -0.2) is 30.7 Å². The first-order chi connectivity index (χ1) is 8.89. The second kappa shape index (κ2) is 5.41. The van der Waals surface area contributed by atoms with Crippen LogP contribution in [0.4, 0.5) is 0 Å². The van der Waals surface area contributed by atoms with Gasteiger partial charge in [0.05, 0.1) is 5.25 Å². The van der Waals surface area contributed by atoms with Gasteiger partial charge in [-0.1, -0.05) is 6.42 Å². The predicted octanol–water partition coefficient (Wildman–Crippen LogP) is 2.18. The molecule has 2 unspecified atom stereocenters. The van der Waals surface area contributed by atoms with E-state index in [2.05, 4.69) is 4.98 Å². The Hall–Kier alpha value is -1.23. The summed E-state index contributed by atoms with van der Waals surface area (Å²) in [6, 6.07) is 1.72. The molecule has 0 aromatic carbocycles.